The lowest BCUT2D eigenvalue weighted by molar-refractivity contribution is -0.233. The highest BCUT2D eigenvalue weighted by molar-refractivity contribution is 5.16. The van der Waals surface area contributed by atoms with Gasteiger partial charge in [0.05, 0.1) is 0 Å². The zero-order valence-electron chi connectivity index (χ0n) is 10.5. The minimum atomic E-state index is -0.454. The Morgan fingerprint density at radius 1 is 0.938 bits per heavy atom. The molecule has 1 aromatic rings. The van der Waals surface area contributed by atoms with Gasteiger partial charge in [-0.05, 0) is 25.8 Å². The van der Waals surface area contributed by atoms with E-state index in [0.717, 1.165) is 12.8 Å². The van der Waals surface area contributed by atoms with Crippen LogP contribution in [0.15, 0.2) is 30.3 Å². The topological polar surface area (TPSA) is 18.5 Å². The summed E-state index contributed by atoms with van der Waals surface area (Å²) in [4.78, 5) is 0. The van der Waals surface area contributed by atoms with Gasteiger partial charge in [-0.2, -0.15) is 0 Å². The Labute approximate surface area is 98.6 Å². The summed E-state index contributed by atoms with van der Waals surface area (Å²) < 4.78 is 11.6. The molecule has 0 aliphatic carbocycles. The second-order valence-electron chi connectivity index (χ2n) is 3.79. The standard InChI is InChI=1S/C14H22O2/c1-4-14(15-5-2,16-6-3)12-13-10-8-7-9-11-13/h7-11H,4-6,12H2,1-3H3. The van der Waals surface area contributed by atoms with E-state index >= 15 is 0 Å². The summed E-state index contributed by atoms with van der Waals surface area (Å²) in [5.41, 5.74) is 1.26. The molecule has 0 saturated heterocycles. The zero-order chi connectivity index (χ0) is 11.9. The van der Waals surface area contributed by atoms with Gasteiger partial charge in [-0.15, -0.1) is 0 Å². The van der Waals surface area contributed by atoms with Crippen LogP contribution in [0.5, 0.6) is 0 Å². The molecule has 2 nitrogen and oxygen atoms in total. The molecule has 0 saturated carbocycles. The van der Waals surface area contributed by atoms with Crippen LogP contribution < -0.4 is 0 Å². The van der Waals surface area contributed by atoms with Gasteiger partial charge in [0.15, 0.2) is 5.79 Å². The van der Waals surface area contributed by atoms with E-state index in [-0.39, 0.29) is 0 Å². The first-order valence-corrected chi connectivity index (χ1v) is 6.08. The molecule has 1 aromatic carbocycles. The van der Waals surface area contributed by atoms with Gasteiger partial charge in [-0.3, -0.25) is 0 Å². The van der Waals surface area contributed by atoms with Crippen LogP contribution in [0.1, 0.15) is 32.8 Å². The highest BCUT2D eigenvalue weighted by Gasteiger charge is 2.29. The number of benzene rings is 1. The van der Waals surface area contributed by atoms with Gasteiger partial charge in [0.1, 0.15) is 0 Å². The molecule has 0 heterocycles. The fourth-order valence-corrected chi connectivity index (χ4v) is 1.91. The van der Waals surface area contributed by atoms with Crippen molar-refractivity contribution >= 4 is 0 Å². The maximum Gasteiger partial charge on any atom is 0.171 e. The van der Waals surface area contributed by atoms with E-state index in [1.807, 2.05) is 32.0 Å². The van der Waals surface area contributed by atoms with Crippen LogP contribution in [0.3, 0.4) is 0 Å². The molecule has 1 rings (SSSR count). The maximum atomic E-state index is 5.80. The quantitative estimate of drug-likeness (QED) is 0.658. The second-order valence-corrected chi connectivity index (χ2v) is 3.79. The minimum Gasteiger partial charge on any atom is -0.350 e. The molecule has 0 amide bonds. The number of rotatable bonds is 7. The molecule has 2 heteroatoms. The average Bonchev–Trinajstić information content (AvgIpc) is 2.31. The van der Waals surface area contributed by atoms with Crippen LogP contribution in [-0.2, 0) is 15.9 Å². The number of hydrogen-bond acceptors (Lipinski definition) is 2. The summed E-state index contributed by atoms with van der Waals surface area (Å²) in [6.07, 6.45) is 1.68. The third-order valence-electron chi connectivity index (χ3n) is 2.67. The Morgan fingerprint density at radius 2 is 1.50 bits per heavy atom. The molecule has 0 aliphatic rings. The predicted molar refractivity (Wildman–Crippen MR) is 66.4 cm³/mol. The Bertz CT molecular complexity index is 276. The van der Waals surface area contributed by atoms with E-state index < -0.39 is 5.79 Å². The van der Waals surface area contributed by atoms with Gasteiger partial charge in [0.2, 0.25) is 0 Å². The SMILES string of the molecule is CCOC(CC)(Cc1ccccc1)OCC. The molecule has 0 atom stereocenters. The van der Waals surface area contributed by atoms with Gasteiger partial charge < -0.3 is 9.47 Å². The first kappa shape index (κ1) is 13.2. The summed E-state index contributed by atoms with van der Waals surface area (Å²) in [5, 5.41) is 0. The number of ether oxygens (including phenoxy) is 2. The van der Waals surface area contributed by atoms with Crippen LogP contribution >= 0.6 is 0 Å². The molecule has 90 valence electrons. The van der Waals surface area contributed by atoms with E-state index in [9.17, 15) is 0 Å². The van der Waals surface area contributed by atoms with Crippen molar-refractivity contribution in [1.29, 1.82) is 0 Å². The molecule has 16 heavy (non-hydrogen) atoms. The van der Waals surface area contributed by atoms with Crippen LogP contribution in [0.25, 0.3) is 0 Å². The molecule has 0 fully saturated rings. The van der Waals surface area contributed by atoms with Crippen molar-refractivity contribution < 1.29 is 9.47 Å². The third kappa shape index (κ3) is 3.62. The van der Waals surface area contributed by atoms with Gasteiger partial charge in [-0.1, -0.05) is 37.3 Å². The molecule has 0 bridgehead atoms. The first-order chi connectivity index (χ1) is 7.76. The van der Waals surface area contributed by atoms with Crippen molar-refractivity contribution in [2.45, 2.75) is 39.4 Å². The Morgan fingerprint density at radius 3 is 1.94 bits per heavy atom. The number of hydrogen-bond donors (Lipinski definition) is 0. The van der Waals surface area contributed by atoms with Crippen LogP contribution in [0, 0.1) is 0 Å². The van der Waals surface area contributed by atoms with E-state index in [1.54, 1.807) is 0 Å². The van der Waals surface area contributed by atoms with Gasteiger partial charge in [0.25, 0.3) is 0 Å². The molecule has 0 radical (unpaired) electrons. The molecule has 0 N–H and O–H groups in total. The monoisotopic (exact) mass is 222 g/mol. The molecule has 0 unspecified atom stereocenters. The third-order valence-corrected chi connectivity index (χ3v) is 2.67. The van der Waals surface area contributed by atoms with Gasteiger partial charge in [-0.25, -0.2) is 0 Å². The largest absolute Gasteiger partial charge is 0.350 e. The average molecular weight is 222 g/mol. The van der Waals surface area contributed by atoms with Crippen LogP contribution in [0.4, 0.5) is 0 Å². The summed E-state index contributed by atoms with van der Waals surface area (Å²) in [6, 6.07) is 10.4. The van der Waals surface area contributed by atoms with Crippen molar-refractivity contribution in [1.82, 2.24) is 0 Å². The molecule has 0 spiro atoms. The normalized spacial score (nSPS) is 11.7. The summed E-state index contributed by atoms with van der Waals surface area (Å²) >= 11 is 0. The first-order valence-electron chi connectivity index (χ1n) is 6.08. The predicted octanol–water partition coefficient (Wildman–Crippen LogP) is 3.41. The fourth-order valence-electron chi connectivity index (χ4n) is 1.91. The van der Waals surface area contributed by atoms with Crippen LogP contribution in [-0.4, -0.2) is 19.0 Å². The van der Waals surface area contributed by atoms with Gasteiger partial charge in [0, 0.05) is 19.6 Å². The van der Waals surface area contributed by atoms with Crippen molar-refractivity contribution in [3.8, 4) is 0 Å². The van der Waals surface area contributed by atoms with Crippen molar-refractivity contribution in [2.75, 3.05) is 13.2 Å². The van der Waals surface area contributed by atoms with E-state index in [4.69, 9.17) is 9.47 Å². The summed E-state index contributed by atoms with van der Waals surface area (Å²) in [6.45, 7) is 7.48. The van der Waals surface area contributed by atoms with E-state index in [1.165, 1.54) is 5.56 Å². The van der Waals surface area contributed by atoms with E-state index in [2.05, 4.69) is 19.1 Å². The fraction of sp³-hybridized carbons (Fsp3) is 0.571. The van der Waals surface area contributed by atoms with Crippen LogP contribution in [0.2, 0.25) is 0 Å². The van der Waals surface area contributed by atoms with Crippen molar-refractivity contribution in [3.05, 3.63) is 35.9 Å². The molecular weight excluding hydrogens is 200 g/mol. The minimum absolute atomic E-state index is 0.454. The van der Waals surface area contributed by atoms with Crippen molar-refractivity contribution in [3.63, 3.8) is 0 Å². The van der Waals surface area contributed by atoms with E-state index in [0.29, 0.717) is 13.2 Å². The van der Waals surface area contributed by atoms with Crippen molar-refractivity contribution in [2.24, 2.45) is 0 Å². The highest BCUT2D eigenvalue weighted by Crippen LogP contribution is 2.23. The molecular formula is C14H22O2. The molecule has 0 aliphatic heterocycles. The van der Waals surface area contributed by atoms with Gasteiger partial charge >= 0.3 is 0 Å². The second kappa shape index (κ2) is 6.66. The lowest BCUT2D eigenvalue weighted by Crippen LogP contribution is -2.38. The Hall–Kier alpha value is -0.860. The smallest absolute Gasteiger partial charge is 0.171 e. The lowest BCUT2D eigenvalue weighted by atomic mass is 10.0. The Kier molecular flexibility index (Phi) is 5.50. The lowest BCUT2D eigenvalue weighted by Gasteiger charge is -2.32. The Balaban J connectivity index is 2.76. The summed E-state index contributed by atoms with van der Waals surface area (Å²) in [5.74, 6) is -0.454. The highest BCUT2D eigenvalue weighted by atomic mass is 16.7. The maximum absolute atomic E-state index is 5.80. The summed E-state index contributed by atoms with van der Waals surface area (Å²) in [7, 11) is 0. The molecule has 0 aromatic heterocycles. The zero-order valence-corrected chi connectivity index (χ0v) is 10.5.